The van der Waals surface area contributed by atoms with Crippen LogP contribution in [0.5, 0.6) is 0 Å². The first-order valence-corrected chi connectivity index (χ1v) is 6.34. The zero-order valence-corrected chi connectivity index (χ0v) is 11.2. The quantitative estimate of drug-likeness (QED) is 0.685. The first-order chi connectivity index (χ1) is 9.16. The SMILES string of the molecule is O=c1c2cc(Cl)cc(Cl)c2ncn1-c1ccccc1. The van der Waals surface area contributed by atoms with E-state index in [0.29, 0.717) is 20.9 Å². The molecule has 1 aromatic heterocycles. The van der Waals surface area contributed by atoms with Crippen LogP contribution in [0.3, 0.4) is 0 Å². The Bertz CT molecular complexity index is 813. The van der Waals surface area contributed by atoms with Gasteiger partial charge in [-0.1, -0.05) is 41.4 Å². The predicted molar refractivity (Wildman–Crippen MR) is 77.4 cm³/mol. The van der Waals surface area contributed by atoms with Gasteiger partial charge in [0.15, 0.2) is 0 Å². The van der Waals surface area contributed by atoms with Crippen molar-refractivity contribution in [2.24, 2.45) is 0 Å². The van der Waals surface area contributed by atoms with Gasteiger partial charge in [-0.15, -0.1) is 0 Å². The maximum Gasteiger partial charge on any atom is 0.265 e. The van der Waals surface area contributed by atoms with Crippen molar-refractivity contribution >= 4 is 34.1 Å². The Morgan fingerprint density at radius 1 is 1.05 bits per heavy atom. The largest absolute Gasteiger partial charge is 0.268 e. The van der Waals surface area contributed by atoms with E-state index in [2.05, 4.69) is 4.98 Å². The Morgan fingerprint density at radius 3 is 2.53 bits per heavy atom. The molecule has 3 rings (SSSR count). The number of halogens is 2. The molecule has 0 radical (unpaired) electrons. The molecule has 0 atom stereocenters. The van der Waals surface area contributed by atoms with Crippen LogP contribution in [-0.4, -0.2) is 9.55 Å². The van der Waals surface area contributed by atoms with Crippen LogP contribution in [0.1, 0.15) is 0 Å². The molecule has 0 saturated carbocycles. The first kappa shape index (κ1) is 12.2. The molecule has 0 fully saturated rings. The molecule has 0 spiro atoms. The number of hydrogen-bond donors (Lipinski definition) is 0. The molecular weight excluding hydrogens is 283 g/mol. The minimum Gasteiger partial charge on any atom is -0.268 e. The Hall–Kier alpha value is -1.84. The molecule has 3 nitrogen and oxygen atoms in total. The molecular formula is C14H8Cl2N2O. The van der Waals surface area contributed by atoms with Crippen molar-refractivity contribution in [2.75, 3.05) is 0 Å². The van der Waals surface area contributed by atoms with E-state index in [4.69, 9.17) is 23.2 Å². The van der Waals surface area contributed by atoms with Crippen molar-refractivity contribution in [2.45, 2.75) is 0 Å². The highest BCUT2D eigenvalue weighted by Gasteiger charge is 2.09. The number of nitrogens with zero attached hydrogens (tertiary/aromatic N) is 2. The van der Waals surface area contributed by atoms with Crippen LogP contribution < -0.4 is 5.56 Å². The zero-order chi connectivity index (χ0) is 13.4. The zero-order valence-electron chi connectivity index (χ0n) is 9.68. The summed E-state index contributed by atoms with van der Waals surface area (Å²) in [6.07, 6.45) is 1.47. The van der Waals surface area contributed by atoms with Gasteiger partial charge < -0.3 is 0 Å². The maximum absolute atomic E-state index is 12.4. The number of rotatable bonds is 1. The van der Waals surface area contributed by atoms with Gasteiger partial charge in [-0.3, -0.25) is 9.36 Å². The highest BCUT2D eigenvalue weighted by atomic mass is 35.5. The average molecular weight is 291 g/mol. The lowest BCUT2D eigenvalue weighted by Gasteiger charge is -2.07. The summed E-state index contributed by atoms with van der Waals surface area (Å²) in [4.78, 5) is 16.7. The van der Waals surface area contributed by atoms with E-state index in [9.17, 15) is 4.79 Å². The van der Waals surface area contributed by atoms with Gasteiger partial charge in [-0.05, 0) is 24.3 Å². The normalized spacial score (nSPS) is 10.8. The topological polar surface area (TPSA) is 34.9 Å². The smallest absolute Gasteiger partial charge is 0.265 e. The number of para-hydroxylation sites is 1. The fourth-order valence-electron chi connectivity index (χ4n) is 1.93. The molecule has 0 aliphatic carbocycles. The second-order valence-electron chi connectivity index (χ2n) is 4.04. The summed E-state index contributed by atoms with van der Waals surface area (Å²) < 4.78 is 1.47. The van der Waals surface area contributed by atoms with E-state index in [0.717, 1.165) is 5.69 Å². The Morgan fingerprint density at radius 2 is 1.79 bits per heavy atom. The lowest BCUT2D eigenvalue weighted by Crippen LogP contribution is -2.18. The third-order valence-electron chi connectivity index (χ3n) is 2.81. The van der Waals surface area contributed by atoms with Crippen LogP contribution >= 0.6 is 23.2 Å². The fraction of sp³-hybridized carbons (Fsp3) is 0. The van der Waals surface area contributed by atoms with Crippen molar-refractivity contribution in [3.8, 4) is 5.69 Å². The summed E-state index contributed by atoms with van der Waals surface area (Å²) in [5.41, 5.74) is 1.02. The lowest BCUT2D eigenvalue weighted by atomic mass is 10.2. The molecule has 2 aromatic carbocycles. The Balaban J connectivity index is 2.36. The van der Waals surface area contributed by atoms with E-state index >= 15 is 0 Å². The molecule has 1 heterocycles. The highest BCUT2D eigenvalue weighted by Crippen LogP contribution is 2.24. The molecule has 94 valence electrons. The van der Waals surface area contributed by atoms with Gasteiger partial charge in [0.2, 0.25) is 0 Å². The van der Waals surface area contributed by atoms with Crippen molar-refractivity contribution in [1.82, 2.24) is 9.55 Å². The summed E-state index contributed by atoms with van der Waals surface area (Å²) in [5, 5.41) is 1.20. The van der Waals surface area contributed by atoms with E-state index in [-0.39, 0.29) is 5.56 Å². The van der Waals surface area contributed by atoms with Crippen LogP contribution in [-0.2, 0) is 0 Å². The fourth-order valence-corrected chi connectivity index (χ4v) is 2.47. The number of hydrogen-bond acceptors (Lipinski definition) is 2. The maximum atomic E-state index is 12.4. The molecule has 0 bridgehead atoms. The first-order valence-electron chi connectivity index (χ1n) is 5.58. The molecule has 0 aliphatic heterocycles. The second-order valence-corrected chi connectivity index (χ2v) is 4.88. The summed E-state index contributed by atoms with van der Waals surface area (Å²) in [7, 11) is 0. The van der Waals surface area contributed by atoms with Crippen LogP contribution in [0, 0.1) is 0 Å². The van der Waals surface area contributed by atoms with Gasteiger partial charge >= 0.3 is 0 Å². The standard InChI is InChI=1S/C14H8Cl2N2O/c15-9-6-11-13(12(16)7-9)17-8-18(14(11)19)10-4-2-1-3-5-10/h1-8H. The van der Waals surface area contributed by atoms with E-state index in [1.165, 1.54) is 10.9 Å². The van der Waals surface area contributed by atoms with Gasteiger partial charge in [-0.25, -0.2) is 4.98 Å². The minimum absolute atomic E-state index is 0.194. The lowest BCUT2D eigenvalue weighted by molar-refractivity contribution is 0.963. The summed E-state index contributed by atoms with van der Waals surface area (Å²) in [6.45, 7) is 0. The molecule has 5 heteroatoms. The Labute approximate surface area is 119 Å². The predicted octanol–water partition coefficient (Wildman–Crippen LogP) is 3.69. The molecule has 3 aromatic rings. The summed E-state index contributed by atoms with van der Waals surface area (Å²) >= 11 is 12.0. The van der Waals surface area contributed by atoms with Crippen molar-refractivity contribution < 1.29 is 0 Å². The Kier molecular flexibility index (Phi) is 3.01. The summed E-state index contributed by atoms with van der Waals surface area (Å²) in [6, 6.07) is 12.4. The van der Waals surface area contributed by atoms with Crippen molar-refractivity contribution in [3.05, 3.63) is 69.2 Å². The van der Waals surface area contributed by atoms with Crippen molar-refractivity contribution in [1.29, 1.82) is 0 Å². The minimum atomic E-state index is -0.194. The third kappa shape index (κ3) is 2.11. The molecule has 0 amide bonds. The summed E-state index contributed by atoms with van der Waals surface area (Å²) in [5.74, 6) is 0. The van der Waals surface area contributed by atoms with Gasteiger partial charge in [0, 0.05) is 5.02 Å². The molecule has 0 unspecified atom stereocenters. The van der Waals surface area contributed by atoms with E-state index < -0.39 is 0 Å². The van der Waals surface area contributed by atoms with Crippen LogP contribution in [0.25, 0.3) is 16.6 Å². The van der Waals surface area contributed by atoms with Gasteiger partial charge in [0.25, 0.3) is 5.56 Å². The van der Waals surface area contributed by atoms with Crippen LogP contribution in [0.4, 0.5) is 0 Å². The molecule has 19 heavy (non-hydrogen) atoms. The van der Waals surface area contributed by atoms with E-state index in [1.807, 2.05) is 30.3 Å². The van der Waals surface area contributed by atoms with Gasteiger partial charge in [-0.2, -0.15) is 0 Å². The van der Waals surface area contributed by atoms with Gasteiger partial charge in [0.05, 0.1) is 21.6 Å². The monoisotopic (exact) mass is 290 g/mol. The second kappa shape index (κ2) is 4.68. The van der Waals surface area contributed by atoms with Crippen LogP contribution in [0.15, 0.2) is 53.6 Å². The molecule has 0 aliphatic rings. The van der Waals surface area contributed by atoms with E-state index in [1.54, 1.807) is 12.1 Å². The third-order valence-corrected chi connectivity index (χ3v) is 3.32. The van der Waals surface area contributed by atoms with Crippen LogP contribution in [0.2, 0.25) is 10.0 Å². The van der Waals surface area contributed by atoms with Crippen molar-refractivity contribution in [3.63, 3.8) is 0 Å². The van der Waals surface area contributed by atoms with Gasteiger partial charge in [0.1, 0.15) is 6.33 Å². The number of benzene rings is 2. The number of aromatic nitrogens is 2. The average Bonchev–Trinajstić information content (AvgIpc) is 2.41. The highest BCUT2D eigenvalue weighted by molar-refractivity contribution is 6.38. The number of fused-ring (bicyclic) bond motifs is 1. The molecule has 0 N–H and O–H groups in total. The molecule has 0 saturated heterocycles.